The molecule has 1 aromatic carbocycles. The Bertz CT molecular complexity index is 427. The van der Waals surface area contributed by atoms with Crippen LogP contribution in [-0.4, -0.2) is 19.1 Å². The van der Waals surface area contributed by atoms with E-state index in [1.54, 1.807) is 0 Å². The maximum absolute atomic E-state index is 3.76. The molecule has 21 heavy (non-hydrogen) atoms. The van der Waals surface area contributed by atoms with Crippen LogP contribution in [0.2, 0.25) is 0 Å². The highest BCUT2D eigenvalue weighted by atomic mass is 15.2. The van der Waals surface area contributed by atoms with Crippen molar-refractivity contribution in [2.24, 2.45) is 11.8 Å². The normalized spacial score (nSPS) is 20.2. The molecule has 0 saturated carbocycles. The van der Waals surface area contributed by atoms with E-state index in [0.717, 1.165) is 24.9 Å². The van der Waals surface area contributed by atoms with E-state index in [4.69, 9.17) is 0 Å². The van der Waals surface area contributed by atoms with Crippen LogP contribution in [0.25, 0.3) is 0 Å². The fraction of sp³-hybridized carbons (Fsp3) is 0.684. The predicted octanol–water partition coefficient (Wildman–Crippen LogP) is 4.45. The Balaban J connectivity index is 2.15. The molecule has 0 saturated heterocycles. The summed E-state index contributed by atoms with van der Waals surface area (Å²) in [5, 5.41) is 3.76. The van der Waals surface area contributed by atoms with E-state index in [0.29, 0.717) is 6.04 Å². The summed E-state index contributed by atoms with van der Waals surface area (Å²) in [6, 6.07) is 9.52. The zero-order valence-electron chi connectivity index (χ0n) is 14.2. The zero-order chi connectivity index (χ0) is 15.2. The largest absolute Gasteiger partial charge is 0.369 e. The van der Waals surface area contributed by atoms with E-state index >= 15 is 0 Å². The Labute approximate surface area is 130 Å². The minimum Gasteiger partial charge on any atom is -0.369 e. The maximum atomic E-state index is 3.76. The first-order chi connectivity index (χ1) is 10.1. The Morgan fingerprint density at radius 1 is 1.24 bits per heavy atom. The van der Waals surface area contributed by atoms with Crippen molar-refractivity contribution in [2.45, 2.75) is 59.5 Å². The second kappa shape index (κ2) is 7.84. The highest BCUT2D eigenvalue weighted by Gasteiger charge is 2.22. The van der Waals surface area contributed by atoms with Gasteiger partial charge in [0.05, 0.1) is 0 Å². The second-order valence-corrected chi connectivity index (χ2v) is 7.13. The van der Waals surface area contributed by atoms with Crippen molar-refractivity contribution in [1.82, 2.24) is 5.32 Å². The Hall–Kier alpha value is -1.02. The summed E-state index contributed by atoms with van der Waals surface area (Å²) in [4.78, 5) is 2.63. The van der Waals surface area contributed by atoms with E-state index in [9.17, 15) is 0 Å². The van der Waals surface area contributed by atoms with Crippen LogP contribution in [0.15, 0.2) is 24.3 Å². The number of para-hydroxylation sites is 1. The van der Waals surface area contributed by atoms with E-state index in [-0.39, 0.29) is 0 Å². The van der Waals surface area contributed by atoms with Gasteiger partial charge in [0.1, 0.15) is 0 Å². The molecule has 118 valence electrons. The first kappa shape index (κ1) is 16.4. The predicted molar refractivity (Wildman–Crippen MR) is 92.8 cm³/mol. The van der Waals surface area contributed by atoms with Gasteiger partial charge in [0.25, 0.3) is 0 Å². The molecule has 0 bridgehead atoms. The van der Waals surface area contributed by atoms with Crippen molar-refractivity contribution >= 4 is 5.69 Å². The van der Waals surface area contributed by atoms with Crippen molar-refractivity contribution in [2.75, 3.05) is 18.0 Å². The molecule has 1 aromatic rings. The standard InChI is InChI=1S/C19H32N2/c1-5-8-16(4)13-21-14-18(11-15(2)3)20-12-17-9-6-7-10-19(17)21/h6-7,9-10,15-16,18,20H,5,8,11-14H2,1-4H3. The molecule has 1 heterocycles. The third-order valence-electron chi connectivity index (χ3n) is 4.42. The lowest BCUT2D eigenvalue weighted by Crippen LogP contribution is -2.40. The average molecular weight is 288 g/mol. The fourth-order valence-electron chi connectivity index (χ4n) is 3.51. The quantitative estimate of drug-likeness (QED) is 0.832. The van der Waals surface area contributed by atoms with Crippen LogP contribution in [-0.2, 0) is 6.54 Å². The Morgan fingerprint density at radius 2 is 2.00 bits per heavy atom. The lowest BCUT2D eigenvalue weighted by molar-refractivity contribution is 0.411. The molecule has 2 unspecified atom stereocenters. The molecular formula is C19H32N2. The van der Waals surface area contributed by atoms with Gasteiger partial charge >= 0.3 is 0 Å². The summed E-state index contributed by atoms with van der Waals surface area (Å²) in [5.41, 5.74) is 2.90. The lowest BCUT2D eigenvalue weighted by Gasteiger charge is -2.30. The van der Waals surface area contributed by atoms with Gasteiger partial charge in [-0.05, 0) is 36.3 Å². The SMILES string of the molecule is CCCC(C)CN1CC(CC(C)C)NCc2ccccc21. The highest BCUT2D eigenvalue weighted by molar-refractivity contribution is 5.54. The topological polar surface area (TPSA) is 15.3 Å². The molecule has 0 fully saturated rings. The number of benzene rings is 1. The molecule has 2 heteroatoms. The van der Waals surface area contributed by atoms with Crippen LogP contribution >= 0.6 is 0 Å². The molecule has 0 radical (unpaired) electrons. The van der Waals surface area contributed by atoms with Gasteiger partial charge in [-0.2, -0.15) is 0 Å². The molecule has 2 atom stereocenters. The average Bonchev–Trinajstić information content (AvgIpc) is 2.59. The summed E-state index contributed by atoms with van der Waals surface area (Å²) >= 11 is 0. The molecule has 0 spiro atoms. The molecule has 1 N–H and O–H groups in total. The van der Waals surface area contributed by atoms with Crippen LogP contribution in [0.5, 0.6) is 0 Å². The molecule has 1 aliphatic heterocycles. The summed E-state index contributed by atoms with van der Waals surface area (Å²) < 4.78 is 0. The van der Waals surface area contributed by atoms with Gasteiger partial charge in [0.2, 0.25) is 0 Å². The number of hydrogen-bond donors (Lipinski definition) is 1. The van der Waals surface area contributed by atoms with Crippen molar-refractivity contribution < 1.29 is 0 Å². The van der Waals surface area contributed by atoms with E-state index < -0.39 is 0 Å². The Morgan fingerprint density at radius 3 is 2.71 bits per heavy atom. The van der Waals surface area contributed by atoms with E-state index in [1.165, 1.54) is 37.1 Å². The number of anilines is 1. The fourth-order valence-corrected chi connectivity index (χ4v) is 3.51. The third kappa shape index (κ3) is 4.74. The van der Waals surface area contributed by atoms with Gasteiger partial charge in [-0.3, -0.25) is 0 Å². The molecular weight excluding hydrogens is 256 g/mol. The second-order valence-electron chi connectivity index (χ2n) is 7.13. The summed E-state index contributed by atoms with van der Waals surface area (Å²) in [6.45, 7) is 12.7. The van der Waals surface area contributed by atoms with Gasteiger partial charge in [0, 0.05) is 31.4 Å². The zero-order valence-corrected chi connectivity index (χ0v) is 14.2. The molecule has 0 aliphatic carbocycles. The maximum Gasteiger partial charge on any atom is 0.0412 e. The molecule has 2 rings (SSSR count). The molecule has 0 amide bonds. The van der Waals surface area contributed by atoms with Crippen LogP contribution in [0.3, 0.4) is 0 Å². The van der Waals surface area contributed by atoms with Gasteiger partial charge in [-0.1, -0.05) is 52.3 Å². The minimum atomic E-state index is 0.603. The minimum absolute atomic E-state index is 0.603. The van der Waals surface area contributed by atoms with Crippen LogP contribution in [0.4, 0.5) is 5.69 Å². The number of nitrogens with zero attached hydrogens (tertiary/aromatic N) is 1. The van der Waals surface area contributed by atoms with E-state index in [2.05, 4.69) is 62.2 Å². The first-order valence-corrected chi connectivity index (χ1v) is 8.66. The van der Waals surface area contributed by atoms with E-state index in [1.807, 2.05) is 0 Å². The van der Waals surface area contributed by atoms with Crippen molar-refractivity contribution in [3.63, 3.8) is 0 Å². The van der Waals surface area contributed by atoms with Crippen molar-refractivity contribution in [1.29, 1.82) is 0 Å². The Kier molecular flexibility index (Phi) is 6.10. The van der Waals surface area contributed by atoms with Gasteiger partial charge in [-0.25, -0.2) is 0 Å². The molecule has 0 aromatic heterocycles. The van der Waals surface area contributed by atoms with Crippen LogP contribution in [0, 0.1) is 11.8 Å². The number of fused-ring (bicyclic) bond motifs is 1. The van der Waals surface area contributed by atoms with Crippen LogP contribution < -0.4 is 10.2 Å². The number of hydrogen-bond acceptors (Lipinski definition) is 2. The lowest BCUT2D eigenvalue weighted by atomic mass is 10.0. The smallest absolute Gasteiger partial charge is 0.0412 e. The summed E-state index contributed by atoms with van der Waals surface area (Å²) in [5.74, 6) is 1.51. The summed E-state index contributed by atoms with van der Waals surface area (Å²) in [7, 11) is 0. The van der Waals surface area contributed by atoms with Gasteiger partial charge in [0.15, 0.2) is 0 Å². The van der Waals surface area contributed by atoms with Gasteiger partial charge < -0.3 is 10.2 Å². The highest BCUT2D eigenvalue weighted by Crippen LogP contribution is 2.26. The first-order valence-electron chi connectivity index (χ1n) is 8.66. The number of nitrogens with one attached hydrogen (secondary N) is 1. The molecule has 2 nitrogen and oxygen atoms in total. The molecule has 1 aliphatic rings. The third-order valence-corrected chi connectivity index (χ3v) is 4.42. The van der Waals surface area contributed by atoms with Crippen molar-refractivity contribution in [3.05, 3.63) is 29.8 Å². The van der Waals surface area contributed by atoms with Crippen molar-refractivity contribution in [3.8, 4) is 0 Å². The van der Waals surface area contributed by atoms with Crippen LogP contribution in [0.1, 0.15) is 52.5 Å². The van der Waals surface area contributed by atoms with Gasteiger partial charge in [-0.15, -0.1) is 0 Å². The number of rotatable bonds is 6. The summed E-state index contributed by atoms with van der Waals surface area (Å²) in [6.07, 6.45) is 3.86. The monoisotopic (exact) mass is 288 g/mol.